The van der Waals surface area contributed by atoms with Gasteiger partial charge in [-0.15, -0.1) is 11.3 Å². The summed E-state index contributed by atoms with van der Waals surface area (Å²) in [5.41, 5.74) is 0.891. The van der Waals surface area contributed by atoms with Crippen LogP contribution in [0.4, 0.5) is 24.0 Å². The summed E-state index contributed by atoms with van der Waals surface area (Å²) in [4.78, 5) is 8.23. The molecule has 0 bridgehead atoms. The molecule has 0 spiro atoms. The molecule has 118 valence electrons. The van der Waals surface area contributed by atoms with Crippen molar-refractivity contribution in [2.24, 2.45) is 0 Å². The number of benzene rings is 1. The summed E-state index contributed by atoms with van der Waals surface area (Å²) in [6.45, 7) is 0. The molecule has 0 saturated carbocycles. The van der Waals surface area contributed by atoms with Gasteiger partial charge >= 0.3 is 6.18 Å². The van der Waals surface area contributed by atoms with Gasteiger partial charge < -0.3 is 5.32 Å². The highest BCUT2D eigenvalue weighted by molar-refractivity contribution is 7.14. The van der Waals surface area contributed by atoms with Crippen LogP contribution in [0.5, 0.6) is 0 Å². The van der Waals surface area contributed by atoms with Crippen molar-refractivity contribution in [1.82, 2.24) is 9.97 Å². The SMILES string of the molecule is FC(F)(F)c1cccc(-c2csc(Nc3ccc(Cl)nc3)n2)c1. The van der Waals surface area contributed by atoms with Crippen LogP contribution in [0.15, 0.2) is 48.0 Å². The van der Waals surface area contributed by atoms with Gasteiger partial charge in [-0.2, -0.15) is 13.2 Å². The minimum absolute atomic E-state index is 0.374. The van der Waals surface area contributed by atoms with Crippen molar-refractivity contribution < 1.29 is 13.2 Å². The van der Waals surface area contributed by atoms with Crippen molar-refractivity contribution in [2.75, 3.05) is 5.32 Å². The molecule has 2 aromatic heterocycles. The predicted octanol–water partition coefficient (Wildman–Crippen LogP) is 5.62. The van der Waals surface area contributed by atoms with Crippen LogP contribution in [0, 0.1) is 0 Å². The monoisotopic (exact) mass is 355 g/mol. The molecule has 0 fully saturated rings. The summed E-state index contributed by atoms with van der Waals surface area (Å²) in [5.74, 6) is 0. The topological polar surface area (TPSA) is 37.8 Å². The van der Waals surface area contributed by atoms with Crippen molar-refractivity contribution in [1.29, 1.82) is 0 Å². The van der Waals surface area contributed by atoms with Crippen LogP contribution in [0.2, 0.25) is 5.15 Å². The highest BCUT2D eigenvalue weighted by atomic mass is 35.5. The zero-order valence-corrected chi connectivity index (χ0v) is 13.0. The number of pyridine rings is 1. The second kappa shape index (κ2) is 6.17. The van der Waals surface area contributed by atoms with Crippen molar-refractivity contribution in [3.63, 3.8) is 0 Å². The van der Waals surface area contributed by atoms with E-state index in [2.05, 4.69) is 15.3 Å². The van der Waals surface area contributed by atoms with E-state index < -0.39 is 11.7 Å². The number of nitrogens with one attached hydrogen (secondary N) is 1. The molecule has 0 aliphatic heterocycles. The van der Waals surface area contributed by atoms with Gasteiger partial charge in [-0.3, -0.25) is 0 Å². The second-order valence-corrected chi connectivity index (χ2v) is 5.86. The normalized spacial score (nSPS) is 11.5. The average molecular weight is 356 g/mol. The number of hydrogen-bond acceptors (Lipinski definition) is 4. The fourth-order valence-corrected chi connectivity index (χ4v) is 2.74. The molecule has 0 atom stereocenters. The maximum absolute atomic E-state index is 12.8. The molecule has 0 saturated heterocycles. The summed E-state index contributed by atoms with van der Waals surface area (Å²) < 4.78 is 38.3. The van der Waals surface area contributed by atoms with Crippen LogP contribution in [0.1, 0.15) is 5.56 Å². The minimum atomic E-state index is -4.37. The van der Waals surface area contributed by atoms with Gasteiger partial charge in [0.05, 0.1) is 23.1 Å². The quantitative estimate of drug-likeness (QED) is 0.619. The Labute approximate surface area is 138 Å². The molecule has 3 nitrogen and oxygen atoms in total. The maximum atomic E-state index is 12.8. The third-order valence-electron chi connectivity index (χ3n) is 2.97. The smallest absolute Gasteiger partial charge is 0.330 e. The van der Waals surface area contributed by atoms with Gasteiger partial charge in [0, 0.05) is 10.9 Å². The van der Waals surface area contributed by atoms with Gasteiger partial charge in [0.25, 0.3) is 0 Å². The third kappa shape index (κ3) is 3.80. The molecular weight excluding hydrogens is 347 g/mol. The van der Waals surface area contributed by atoms with E-state index in [1.54, 1.807) is 29.8 Å². The number of alkyl halides is 3. The average Bonchev–Trinajstić information content (AvgIpc) is 2.97. The standard InChI is InChI=1S/C15H9ClF3N3S/c16-13-5-4-11(7-20-13)21-14-22-12(8-23-14)9-2-1-3-10(6-9)15(17,18)19/h1-8H,(H,21,22). The molecule has 3 aromatic rings. The van der Waals surface area contributed by atoms with Crippen molar-refractivity contribution in [3.8, 4) is 11.3 Å². The number of nitrogens with zero attached hydrogens (tertiary/aromatic N) is 2. The van der Waals surface area contributed by atoms with Gasteiger partial charge in [0.15, 0.2) is 5.13 Å². The Hall–Kier alpha value is -2.12. The van der Waals surface area contributed by atoms with E-state index in [1.807, 2.05) is 0 Å². The number of halogens is 4. The largest absolute Gasteiger partial charge is 0.416 e. The van der Waals surface area contributed by atoms with E-state index >= 15 is 0 Å². The van der Waals surface area contributed by atoms with Gasteiger partial charge in [0.2, 0.25) is 0 Å². The second-order valence-electron chi connectivity index (χ2n) is 4.61. The summed E-state index contributed by atoms with van der Waals surface area (Å²) in [5, 5.41) is 5.66. The first-order valence-electron chi connectivity index (χ1n) is 6.43. The zero-order chi connectivity index (χ0) is 16.4. The Morgan fingerprint density at radius 2 is 1.96 bits per heavy atom. The van der Waals surface area contributed by atoms with E-state index in [1.165, 1.54) is 17.4 Å². The van der Waals surface area contributed by atoms with Crippen molar-refractivity contribution in [3.05, 3.63) is 58.7 Å². The summed E-state index contributed by atoms with van der Waals surface area (Å²) in [6.07, 6.45) is -2.82. The molecule has 23 heavy (non-hydrogen) atoms. The lowest BCUT2D eigenvalue weighted by molar-refractivity contribution is -0.137. The molecule has 0 radical (unpaired) electrons. The van der Waals surface area contributed by atoms with E-state index in [-0.39, 0.29) is 0 Å². The first-order chi connectivity index (χ1) is 10.9. The van der Waals surface area contributed by atoms with E-state index in [9.17, 15) is 13.2 Å². The zero-order valence-electron chi connectivity index (χ0n) is 11.4. The number of hydrogen-bond donors (Lipinski definition) is 1. The number of thiazole rings is 1. The third-order valence-corrected chi connectivity index (χ3v) is 3.95. The van der Waals surface area contributed by atoms with Crippen LogP contribution < -0.4 is 5.32 Å². The summed E-state index contributed by atoms with van der Waals surface area (Å²) in [6, 6.07) is 8.45. The Balaban J connectivity index is 1.83. The lowest BCUT2D eigenvalue weighted by Crippen LogP contribution is -2.04. The van der Waals surface area contributed by atoms with Crippen LogP contribution >= 0.6 is 22.9 Å². The molecule has 0 aliphatic carbocycles. The number of rotatable bonds is 3. The number of aromatic nitrogens is 2. The van der Waals surface area contributed by atoms with Crippen LogP contribution in [-0.4, -0.2) is 9.97 Å². The molecule has 0 unspecified atom stereocenters. The predicted molar refractivity (Wildman–Crippen MR) is 85.1 cm³/mol. The van der Waals surface area contributed by atoms with Crippen LogP contribution in [0.3, 0.4) is 0 Å². The number of anilines is 2. The van der Waals surface area contributed by atoms with Gasteiger partial charge in [-0.1, -0.05) is 23.7 Å². The molecule has 2 heterocycles. The van der Waals surface area contributed by atoms with Crippen LogP contribution in [-0.2, 0) is 6.18 Å². The van der Waals surface area contributed by atoms with E-state index in [0.29, 0.717) is 27.2 Å². The first-order valence-corrected chi connectivity index (χ1v) is 7.69. The molecule has 1 N–H and O–H groups in total. The Bertz CT molecular complexity index is 815. The summed E-state index contributed by atoms with van der Waals surface area (Å²) >= 11 is 7.00. The molecule has 3 rings (SSSR count). The van der Waals surface area contributed by atoms with Gasteiger partial charge in [-0.25, -0.2) is 9.97 Å². The van der Waals surface area contributed by atoms with Crippen molar-refractivity contribution >= 4 is 33.8 Å². The Morgan fingerprint density at radius 3 is 2.65 bits per heavy atom. The first kappa shape index (κ1) is 15.8. The lowest BCUT2D eigenvalue weighted by atomic mass is 10.1. The highest BCUT2D eigenvalue weighted by Crippen LogP contribution is 2.33. The van der Waals surface area contributed by atoms with Gasteiger partial charge in [0.1, 0.15) is 5.15 Å². The Morgan fingerprint density at radius 1 is 1.13 bits per heavy atom. The molecule has 0 aliphatic rings. The minimum Gasteiger partial charge on any atom is -0.330 e. The fraction of sp³-hybridized carbons (Fsp3) is 0.0667. The van der Waals surface area contributed by atoms with Crippen molar-refractivity contribution in [2.45, 2.75) is 6.18 Å². The lowest BCUT2D eigenvalue weighted by Gasteiger charge is -2.07. The molecular formula is C15H9ClF3N3S. The maximum Gasteiger partial charge on any atom is 0.416 e. The van der Waals surface area contributed by atoms with Gasteiger partial charge in [-0.05, 0) is 24.3 Å². The molecule has 8 heteroatoms. The Kier molecular flexibility index (Phi) is 4.23. The molecule has 0 amide bonds. The molecule has 1 aromatic carbocycles. The fourth-order valence-electron chi connectivity index (χ4n) is 1.89. The summed E-state index contributed by atoms with van der Waals surface area (Å²) in [7, 11) is 0. The highest BCUT2D eigenvalue weighted by Gasteiger charge is 2.30. The van der Waals surface area contributed by atoms with E-state index in [0.717, 1.165) is 12.1 Å². The van der Waals surface area contributed by atoms with E-state index in [4.69, 9.17) is 11.6 Å². The van der Waals surface area contributed by atoms with Crippen LogP contribution in [0.25, 0.3) is 11.3 Å².